The Kier molecular flexibility index (Phi) is 26.2. The van der Waals surface area contributed by atoms with E-state index in [0.29, 0.717) is 0 Å². The molecule has 0 aliphatic rings. The topological polar surface area (TPSA) is 237 Å². The molecule has 0 aliphatic heterocycles. The smallest absolute Gasteiger partial charge is 0.303 e. The Morgan fingerprint density at radius 1 is 0.500 bits per heavy atom. The second kappa shape index (κ2) is 20.6. The maximum atomic E-state index is 8.88. The van der Waals surface area contributed by atoms with E-state index in [9.17, 15) is 0 Å². The summed E-state index contributed by atoms with van der Waals surface area (Å²) in [6, 6.07) is 0. The van der Waals surface area contributed by atoms with Crippen LogP contribution in [-0.4, -0.2) is 68.6 Å². The van der Waals surface area contributed by atoms with Crippen LogP contribution in [-0.2, 0) is 13.7 Å². The second-order valence-corrected chi connectivity index (χ2v) is 8.52. The van der Waals surface area contributed by atoms with E-state index in [-0.39, 0.29) is 0 Å². The van der Waals surface area contributed by atoms with Gasteiger partial charge >= 0.3 is 23.5 Å². The van der Waals surface area contributed by atoms with Crippen LogP contribution in [0.4, 0.5) is 0 Å². The molecule has 0 atom stereocenters. The highest BCUT2D eigenvalue weighted by Crippen LogP contribution is 2.26. The number of nitrogens with zero attached hydrogens (tertiary/aromatic N) is 1. The molecule has 0 amide bonds. The van der Waals surface area contributed by atoms with Gasteiger partial charge in [-0.1, -0.05) is 40.0 Å². The van der Waals surface area contributed by atoms with Gasteiger partial charge in [0, 0.05) is 0 Å². The normalized spacial score (nSPS) is 11.5. The summed E-state index contributed by atoms with van der Waals surface area (Å²) in [6.45, 7) is 10.8. The van der Waals surface area contributed by atoms with Crippen LogP contribution in [0.3, 0.4) is 0 Å². The Hall–Kier alpha value is 0.290. The minimum Gasteiger partial charge on any atom is -0.303 e. The molecule has 176 valence electrons. The standard InChI is InChI=1S/C12H27N.3H3O4P/c1-4-7-10-13(11-8-5-2)12-9-6-3;3*1-5(2,3)4/h4-12H2,1-3H3;3*(H3,1,2,3,4). The zero-order valence-electron chi connectivity index (χ0n) is 16.4. The van der Waals surface area contributed by atoms with E-state index >= 15 is 0 Å². The average Bonchev–Trinajstić information content (AvgIpc) is 2.41. The Morgan fingerprint density at radius 3 is 0.750 bits per heavy atom. The summed E-state index contributed by atoms with van der Waals surface area (Å²) in [6.07, 6.45) is 8.09. The lowest BCUT2D eigenvalue weighted by Crippen LogP contribution is -2.27. The average molecular weight is 479 g/mol. The third-order valence-electron chi connectivity index (χ3n) is 2.48. The largest absolute Gasteiger partial charge is 0.466 e. The molecule has 0 saturated carbocycles. The molecule has 0 saturated heterocycles. The molecule has 16 heteroatoms. The number of unbranched alkanes of at least 4 members (excludes halogenated alkanes) is 3. The third kappa shape index (κ3) is 111. The van der Waals surface area contributed by atoms with Crippen molar-refractivity contribution in [3.05, 3.63) is 0 Å². The first-order chi connectivity index (χ1) is 12.3. The van der Waals surface area contributed by atoms with Crippen LogP contribution < -0.4 is 0 Å². The first kappa shape index (κ1) is 35.7. The number of phosphoric acid groups is 3. The van der Waals surface area contributed by atoms with Gasteiger partial charge in [0.05, 0.1) is 0 Å². The predicted molar refractivity (Wildman–Crippen MR) is 104 cm³/mol. The molecule has 0 aromatic rings. The molecule has 0 rings (SSSR count). The van der Waals surface area contributed by atoms with Gasteiger partial charge in [0.25, 0.3) is 0 Å². The monoisotopic (exact) mass is 479 g/mol. The summed E-state index contributed by atoms with van der Waals surface area (Å²) < 4.78 is 26.6. The SMILES string of the molecule is CCCCN(CCCC)CCCC.O=P(O)(O)O.O=P(O)(O)O.O=P(O)(O)O. The molecule has 0 bridgehead atoms. The van der Waals surface area contributed by atoms with Gasteiger partial charge in [-0.25, -0.2) is 13.7 Å². The lowest BCUT2D eigenvalue weighted by molar-refractivity contribution is 0.261. The Labute approximate surface area is 165 Å². The fraction of sp³-hybridized carbons (Fsp3) is 1.00. The van der Waals surface area contributed by atoms with Gasteiger partial charge in [-0.15, -0.1) is 0 Å². The number of rotatable bonds is 9. The molecule has 0 unspecified atom stereocenters. The summed E-state index contributed by atoms with van der Waals surface area (Å²) >= 11 is 0. The molecule has 0 aromatic heterocycles. The van der Waals surface area contributed by atoms with E-state index in [0.717, 1.165) is 0 Å². The molecule has 0 aromatic carbocycles. The fourth-order valence-electron chi connectivity index (χ4n) is 1.48. The first-order valence-electron chi connectivity index (χ1n) is 8.42. The highest BCUT2D eigenvalue weighted by Gasteiger charge is 2.02. The molecule has 0 heterocycles. The number of hydrogen-bond donors (Lipinski definition) is 9. The van der Waals surface area contributed by atoms with Crippen LogP contribution in [0, 0.1) is 0 Å². The van der Waals surface area contributed by atoms with Crippen molar-refractivity contribution in [2.45, 2.75) is 59.3 Å². The highest BCUT2D eigenvalue weighted by molar-refractivity contribution is 7.45. The van der Waals surface area contributed by atoms with Crippen LogP contribution >= 0.6 is 23.5 Å². The molecule has 13 nitrogen and oxygen atoms in total. The van der Waals surface area contributed by atoms with Gasteiger partial charge in [0.1, 0.15) is 0 Å². The van der Waals surface area contributed by atoms with Gasteiger partial charge in [0.15, 0.2) is 0 Å². The van der Waals surface area contributed by atoms with Crippen molar-refractivity contribution in [3.63, 3.8) is 0 Å². The zero-order chi connectivity index (χ0) is 23.4. The molecule has 0 fully saturated rings. The van der Waals surface area contributed by atoms with E-state index in [2.05, 4.69) is 25.7 Å². The first-order valence-corrected chi connectivity index (χ1v) is 13.1. The van der Waals surface area contributed by atoms with Gasteiger partial charge in [0.2, 0.25) is 0 Å². The van der Waals surface area contributed by atoms with Crippen LogP contribution in [0.5, 0.6) is 0 Å². The second-order valence-electron chi connectivity index (χ2n) is 5.44. The van der Waals surface area contributed by atoms with Crippen molar-refractivity contribution in [2.24, 2.45) is 0 Å². The molecule has 9 N–H and O–H groups in total. The highest BCUT2D eigenvalue weighted by atomic mass is 31.2. The van der Waals surface area contributed by atoms with Crippen LogP contribution in [0.25, 0.3) is 0 Å². The Bertz CT molecular complexity index is 369. The van der Waals surface area contributed by atoms with Gasteiger partial charge in [-0.3, -0.25) is 0 Å². The van der Waals surface area contributed by atoms with Crippen molar-refractivity contribution in [1.29, 1.82) is 0 Å². The molecule has 28 heavy (non-hydrogen) atoms. The Balaban J connectivity index is -0.000000159. The maximum absolute atomic E-state index is 8.88. The lowest BCUT2D eigenvalue weighted by Gasteiger charge is -2.21. The zero-order valence-corrected chi connectivity index (χ0v) is 19.1. The molecule has 0 aliphatic carbocycles. The van der Waals surface area contributed by atoms with Gasteiger partial charge in [-0.05, 0) is 38.9 Å². The van der Waals surface area contributed by atoms with Gasteiger partial charge < -0.3 is 48.9 Å². The minimum absolute atomic E-state index is 1.32. The van der Waals surface area contributed by atoms with E-state index in [1.54, 1.807) is 0 Å². The van der Waals surface area contributed by atoms with Crippen LogP contribution in [0.2, 0.25) is 0 Å². The molecule has 0 radical (unpaired) electrons. The minimum atomic E-state index is -4.64. The summed E-state index contributed by atoms with van der Waals surface area (Å²) in [5.74, 6) is 0. The lowest BCUT2D eigenvalue weighted by atomic mass is 10.2. The predicted octanol–water partition coefficient (Wildman–Crippen LogP) is 0.903. The van der Waals surface area contributed by atoms with Crippen LogP contribution in [0.1, 0.15) is 59.3 Å². The number of hydrogen-bond acceptors (Lipinski definition) is 4. The fourth-order valence-corrected chi connectivity index (χ4v) is 1.48. The van der Waals surface area contributed by atoms with Crippen molar-refractivity contribution >= 4 is 23.5 Å². The van der Waals surface area contributed by atoms with E-state index in [4.69, 9.17) is 57.7 Å². The van der Waals surface area contributed by atoms with Crippen molar-refractivity contribution in [1.82, 2.24) is 4.90 Å². The van der Waals surface area contributed by atoms with Crippen molar-refractivity contribution in [3.8, 4) is 0 Å². The maximum Gasteiger partial charge on any atom is 0.466 e. The molecular weight excluding hydrogens is 443 g/mol. The van der Waals surface area contributed by atoms with Crippen LogP contribution in [0.15, 0.2) is 0 Å². The molecule has 0 spiro atoms. The summed E-state index contributed by atoms with van der Waals surface area (Å²) in [4.78, 5) is 67.3. The molecular formula is C12H36NO12P3. The van der Waals surface area contributed by atoms with Crippen molar-refractivity contribution < 1.29 is 57.7 Å². The quantitative estimate of drug-likeness (QED) is 0.209. The summed E-state index contributed by atoms with van der Waals surface area (Å²) in [5, 5.41) is 0. The third-order valence-corrected chi connectivity index (χ3v) is 2.48. The van der Waals surface area contributed by atoms with Gasteiger partial charge in [-0.2, -0.15) is 0 Å². The summed E-state index contributed by atoms with van der Waals surface area (Å²) in [7, 11) is -13.9. The van der Waals surface area contributed by atoms with E-state index < -0.39 is 23.5 Å². The summed E-state index contributed by atoms with van der Waals surface area (Å²) in [5.41, 5.74) is 0. The van der Waals surface area contributed by atoms with Crippen molar-refractivity contribution in [2.75, 3.05) is 19.6 Å². The van der Waals surface area contributed by atoms with E-state index in [1.165, 1.54) is 58.2 Å². The van der Waals surface area contributed by atoms with E-state index in [1.807, 2.05) is 0 Å². The Morgan fingerprint density at radius 2 is 0.643 bits per heavy atom.